The summed E-state index contributed by atoms with van der Waals surface area (Å²) in [4.78, 5) is 32.5. The lowest BCUT2D eigenvalue weighted by atomic mass is 9.80. The molecule has 0 bridgehead atoms. The van der Waals surface area contributed by atoms with E-state index < -0.39 is 5.97 Å². The van der Waals surface area contributed by atoms with Gasteiger partial charge in [0.05, 0.1) is 16.7 Å². The topological polar surface area (TPSA) is 113 Å². The number of aromatic nitrogens is 1. The van der Waals surface area contributed by atoms with Crippen molar-refractivity contribution >= 4 is 40.8 Å². The van der Waals surface area contributed by atoms with Crippen LogP contribution in [0.15, 0.2) is 35.6 Å². The Balaban J connectivity index is 1.61. The predicted molar refractivity (Wildman–Crippen MR) is 120 cm³/mol. The van der Waals surface area contributed by atoms with Crippen molar-refractivity contribution in [3.05, 3.63) is 51.6 Å². The van der Waals surface area contributed by atoms with Gasteiger partial charge in [-0.05, 0) is 57.9 Å². The zero-order chi connectivity index (χ0) is 23.4. The Morgan fingerprint density at radius 1 is 1.19 bits per heavy atom. The van der Waals surface area contributed by atoms with E-state index in [0.29, 0.717) is 24.2 Å². The number of hydrogen-bond acceptors (Lipinski definition) is 7. The summed E-state index contributed by atoms with van der Waals surface area (Å²) in [6.45, 7) is 5.25. The third kappa shape index (κ3) is 5.89. The standard InChI is InChI=1S/C22H23Cl2N3O5/c1-11(2)30-21-19(24)8-14(10-26-21)22(29)32-27-20(25)17-5-4-15(9-18(17)23)31-16-6-13(7-16)12(3)28/h4-5,8-11,13,16H,6-7H2,1-3H3,(H2,25,27)/t13-,16-. The highest BCUT2D eigenvalue weighted by molar-refractivity contribution is 6.34. The van der Waals surface area contributed by atoms with Gasteiger partial charge in [0.1, 0.15) is 22.7 Å². The van der Waals surface area contributed by atoms with Crippen molar-refractivity contribution in [1.29, 1.82) is 0 Å². The molecular weight excluding hydrogens is 457 g/mol. The molecule has 1 heterocycles. The summed E-state index contributed by atoms with van der Waals surface area (Å²) in [6, 6.07) is 6.27. The molecule has 8 nitrogen and oxygen atoms in total. The number of ketones is 1. The lowest BCUT2D eigenvalue weighted by molar-refractivity contribution is -0.126. The SMILES string of the molecule is CC(=O)[C@H]1C[C@H](Oc2ccc(/C(N)=N/OC(=O)c3cnc(OC(C)C)c(Cl)c3)c(Cl)c2)C1. The molecule has 2 N–H and O–H groups in total. The van der Waals surface area contributed by atoms with Crippen LogP contribution < -0.4 is 15.2 Å². The first kappa shape index (κ1) is 23.8. The Morgan fingerprint density at radius 3 is 2.50 bits per heavy atom. The zero-order valence-electron chi connectivity index (χ0n) is 17.8. The molecule has 0 amide bonds. The number of ether oxygens (including phenoxy) is 2. The van der Waals surface area contributed by atoms with Gasteiger partial charge in [0, 0.05) is 17.7 Å². The molecule has 0 unspecified atom stereocenters. The average Bonchev–Trinajstić information content (AvgIpc) is 2.69. The smallest absolute Gasteiger partial charge is 0.367 e. The summed E-state index contributed by atoms with van der Waals surface area (Å²) in [7, 11) is 0. The normalized spacial score (nSPS) is 18.1. The molecule has 1 aromatic carbocycles. The number of nitrogens with zero attached hydrogens (tertiary/aromatic N) is 2. The van der Waals surface area contributed by atoms with Crippen LogP contribution in [0.4, 0.5) is 0 Å². The molecule has 1 aliphatic carbocycles. The second-order valence-electron chi connectivity index (χ2n) is 7.69. The highest BCUT2D eigenvalue weighted by atomic mass is 35.5. The lowest BCUT2D eigenvalue weighted by Gasteiger charge is -2.33. The van der Waals surface area contributed by atoms with Gasteiger partial charge in [-0.15, -0.1) is 0 Å². The molecule has 10 heteroatoms. The minimum Gasteiger partial charge on any atom is -0.490 e. The van der Waals surface area contributed by atoms with E-state index >= 15 is 0 Å². The van der Waals surface area contributed by atoms with Crippen LogP contribution in [0.1, 0.15) is 49.5 Å². The number of carbonyl (C=O) groups excluding carboxylic acids is 2. The predicted octanol–water partition coefficient (Wildman–Crippen LogP) is 4.40. The van der Waals surface area contributed by atoms with Gasteiger partial charge in [-0.3, -0.25) is 4.79 Å². The summed E-state index contributed by atoms with van der Waals surface area (Å²) >= 11 is 12.4. The quantitative estimate of drug-likeness (QED) is 0.258. The molecule has 32 heavy (non-hydrogen) atoms. The van der Waals surface area contributed by atoms with Crippen LogP contribution in [0.5, 0.6) is 11.6 Å². The minimum absolute atomic E-state index is 0.0180. The van der Waals surface area contributed by atoms with E-state index in [0.717, 1.165) is 0 Å². The molecule has 2 aromatic rings. The molecule has 0 spiro atoms. The number of rotatable bonds is 8. The summed E-state index contributed by atoms with van der Waals surface area (Å²) in [5.74, 6) is 0.133. The largest absolute Gasteiger partial charge is 0.490 e. The summed E-state index contributed by atoms with van der Waals surface area (Å²) in [5, 5.41) is 4.11. The Labute approximate surface area is 195 Å². The molecule has 1 aromatic heterocycles. The van der Waals surface area contributed by atoms with Gasteiger partial charge in [0.2, 0.25) is 5.88 Å². The summed E-state index contributed by atoms with van der Waals surface area (Å²) < 4.78 is 11.2. The molecule has 0 atom stereocenters. The molecule has 3 rings (SSSR count). The van der Waals surface area contributed by atoms with E-state index in [2.05, 4.69) is 10.1 Å². The van der Waals surface area contributed by atoms with Gasteiger partial charge >= 0.3 is 5.97 Å². The Kier molecular flexibility index (Phi) is 7.58. The highest BCUT2D eigenvalue weighted by Gasteiger charge is 2.33. The van der Waals surface area contributed by atoms with E-state index in [4.69, 9.17) is 43.2 Å². The van der Waals surface area contributed by atoms with Crippen molar-refractivity contribution in [3.8, 4) is 11.6 Å². The number of nitrogens with two attached hydrogens (primary N) is 1. The fraction of sp³-hybridized carbons (Fsp3) is 0.364. The third-order valence-corrected chi connectivity index (χ3v) is 5.39. The number of benzene rings is 1. The van der Waals surface area contributed by atoms with Crippen LogP contribution in [0.25, 0.3) is 0 Å². The molecule has 1 aliphatic rings. The van der Waals surface area contributed by atoms with Crippen LogP contribution in [0, 0.1) is 5.92 Å². The van der Waals surface area contributed by atoms with Crippen molar-refractivity contribution in [2.45, 2.75) is 45.8 Å². The molecule has 1 saturated carbocycles. The number of amidine groups is 1. The highest BCUT2D eigenvalue weighted by Crippen LogP contribution is 2.33. The molecule has 0 aliphatic heterocycles. The fourth-order valence-corrected chi connectivity index (χ4v) is 3.48. The van der Waals surface area contributed by atoms with Crippen LogP contribution >= 0.6 is 23.2 Å². The van der Waals surface area contributed by atoms with Gasteiger partial charge < -0.3 is 20.0 Å². The number of pyridine rings is 1. The van der Waals surface area contributed by atoms with Gasteiger partial charge in [-0.2, -0.15) is 0 Å². The van der Waals surface area contributed by atoms with E-state index in [-0.39, 0.29) is 51.2 Å². The van der Waals surface area contributed by atoms with Gasteiger partial charge in [0.25, 0.3) is 0 Å². The van der Waals surface area contributed by atoms with Crippen LogP contribution in [0.2, 0.25) is 10.0 Å². The number of halogens is 2. The van der Waals surface area contributed by atoms with Crippen LogP contribution in [-0.4, -0.2) is 34.8 Å². The van der Waals surface area contributed by atoms with Crippen LogP contribution in [-0.2, 0) is 9.63 Å². The first-order chi connectivity index (χ1) is 15.1. The first-order valence-corrected chi connectivity index (χ1v) is 10.7. The Hall–Kier alpha value is -2.84. The van der Waals surface area contributed by atoms with Crippen molar-refractivity contribution in [1.82, 2.24) is 4.98 Å². The summed E-state index contributed by atoms with van der Waals surface area (Å²) in [6.07, 6.45) is 2.52. The average molecular weight is 480 g/mol. The zero-order valence-corrected chi connectivity index (χ0v) is 19.3. The van der Waals surface area contributed by atoms with Crippen molar-refractivity contribution in [2.24, 2.45) is 16.8 Å². The fourth-order valence-electron chi connectivity index (χ4n) is 3.00. The number of oxime groups is 1. The van der Waals surface area contributed by atoms with Gasteiger partial charge in [0.15, 0.2) is 5.84 Å². The molecular formula is C22H23Cl2N3O5. The first-order valence-electron chi connectivity index (χ1n) is 9.98. The molecule has 0 radical (unpaired) electrons. The maximum absolute atomic E-state index is 12.2. The van der Waals surface area contributed by atoms with E-state index in [9.17, 15) is 9.59 Å². The van der Waals surface area contributed by atoms with E-state index in [1.54, 1.807) is 25.1 Å². The second kappa shape index (κ2) is 10.2. The molecule has 170 valence electrons. The lowest BCUT2D eigenvalue weighted by Crippen LogP contribution is -2.37. The number of hydrogen-bond donors (Lipinski definition) is 1. The van der Waals surface area contributed by atoms with Crippen molar-refractivity contribution < 1.29 is 23.9 Å². The maximum Gasteiger partial charge on any atom is 0.367 e. The third-order valence-electron chi connectivity index (χ3n) is 4.81. The minimum atomic E-state index is -0.792. The Morgan fingerprint density at radius 2 is 1.91 bits per heavy atom. The van der Waals surface area contributed by atoms with Gasteiger partial charge in [-0.1, -0.05) is 28.4 Å². The number of Topliss-reactive ketones (excluding diaryl/α,β-unsaturated/α-hetero) is 1. The monoisotopic (exact) mass is 479 g/mol. The van der Waals surface area contributed by atoms with E-state index in [1.807, 2.05) is 13.8 Å². The van der Waals surface area contributed by atoms with Crippen molar-refractivity contribution in [3.63, 3.8) is 0 Å². The number of carbonyl (C=O) groups is 2. The van der Waals surface area contributed by atoms with Gasteiger partial charge in [-0.25, -0.2) is 9.78 Å². The maximum atomic E-state index is 12.2. The molecule has 0 saturated heterocycles. The Bertz CT molecular complexity index is 1050. The van der Waals surface area contributed by atoms with E-state index in [1.165, 1.54) is 12.3 Å². The second-order valence-corrected chi connectivity index (χ2v) is 8.51. The summed E-state index contributed by atoms with van der Waals surface area (Å²) in [5.41, 5.74) is 6.38. The van der Waals surface area contributed by atoms with Crippen LogP contribution in [0.3, 0.4) is 0 Å². The van der Waals surface area contributed by atoms with Crippen molar-refractivity contribution in [2.75, 3.05) is 0 Å². The molecule has 1 fully saturated rings.